The van der Waals surface area contributed by atoms with Crippen molar-refractivity contribution in [1.82, 2.24) is 5.16 Å². The lowest BCUT2D eigenvalue weighted by Crippen LogP contribution is -1.96. The summed E-state index contributed by atoms with van der Waals surface area (Å²) >= 11 is 0. The van der Waals surface area contributed by atoms with Gasteiger partial charge in [-0.05, 0) is 29.8 Å². The van der Waals surface area contributed by atoms with Crippen molar-refractivity contribution in [2.24, 2.45) is 0 Å². The quantitative estimate of drug-likeness (QED) is 0.690. The van der Waals surface area contributed by atoms with Gasteiger partial charge in [0.05, 0.1) is 5.69 Å². The van der Waals surface area contributed by atoms with Gasteiger partial charge in [0.2, 0.25) is 0 Å². The maximum Gasteiger partial charge on any atom is 0.127 e. The summed E-state index contributed by atoms with van der Waals surface area (Å²) in [4.78, 5) is 0. The van der Waals surface area contributed by atoms with Gasteiger partial charge in [-0.25, -0.2) is 0 Å². The van der Waals surface area contributed by atoms with Gasteiger partial charge in [-0.1, -0.05) is 42.4 Å². The maximum absolute atomic E-state index is 5.84. The molecule has 3 rings (SSSR count). The Hall–Kier alpha value is -2.55. The highest BCUT2D eigenvalue weighted by Crippen LogP contribution is 2.28. The standard InChI is InChI=1S/C17H15NO2/c1-13(17-10-11-19-18-17)14-6-5-9-16(12-14)20-15-7-3-2-4-8-15/h2-13H,1H3. The topological polar surface area (TPSA) is 35.3 Å². The highest BCUT2D eigenvalue weighted by atomic mass is 16.5. The van der Waals surface area contributed by atoms with Crippen LogP contribution in [-0.4, -0.2) is 5.16 Å². The molecule has 0 aliphatic carbocycles. The van der Waals surface area contributed by atoms with Crippen molar-refractivity contribution in [3.05, 3.63) is 78.2 Å². The molecule has 0 amide bonds. The van der Waals surface area contributed by atoms with E-state index in [-0.39, 0.29) is 5.92 Å². The first kappa shape index (κ1) is 12.5. The van der Waals surface area contributed by atoms with Crippen molar-refractivity contribution < 1.29 is 9.26 Å². The van der Waals surface area contributed by atoms with Gasteiger partial charge >= 0.3 is 0 Å². The minimum absolute atomic E-state index is 0.174. The van der Waals surface area contributed by atoms with Gasteiger partial charge in [0.1, 0.15) is 17.8 Å². The highest BCUT2D eigenvalue weighted by Gasteiger charge is 2.12. The Morgan fingerprint density at radius 1 is 0.950 bits per heavy atom. The molecule has 100 valence electrons. The lowest BCUT2D eigenvalue weighted by atomic mass is 9.98. The van der Waals surface area contributed by atoms with Crippen molar-refractivity contribution in [3.63, 3.8) is 0 Å². The summed E-state index contributed by atoms with van der Waals surface area (Å²) in [7, 11) is 0. The summed E-state index contributed by atoms with van der Waals surface area (Å²) in [5, 5.41) is 3.99. The van der Waals surface area contributed by atoms with Gasteiger partial charge in [-0.15, -0.1) is 0 Å². The molecular weight excluding hydrogens is 250 g/mol. The summed E-state index contributed by atoms with van der Waals surface area (Å²) in [6, 6.07) is 19.7. The molecule has 3 aromatic rings. The molecule has 3 heteroatoms. The molecule has 1 unspecified atom stereocenters. The fourth-order valence-corrected chi connectivity index (χ4v) is 2.09. The van der Waals surface area contributed by atoms with Crippen LogP contribution in [0.1, 0.15) is 24.1 Å². The van der Waals surface area contributed by atoms with Crippen LogP contribution in [0.2, 0.25) is 0 Å². The number of rotatable bonds is 4. The maximum atomic E-state index is 5.84. The number of hydrogen-bond donors (Lipinski definition) is 0. The van der Waals surface area contributed by atoms with E-state index in [1.807, 2.05) is 54.6 Å². The van der Waals surface area contributed by atoms with Gasteiger partial charge in [0.25, 0.3) is 0 Å². The summed E-state index contributed by atoms with van der Waals surface area (Å²) in [6.45, 7) is 2.10. The van der Waals surface area contributed by atoms with Crippen molar-refractivity contribution in [3.8, 4) is 11.5 Å². The molecule has 2 aromatic carbocycles. The first-order chi connectivity index (χ1) is 9.83. The van der Waals surface area contributed by atoms with Gasteiger partial charge < -0.3 is 9.26 Å². The Labute approximate surface area is 117 Å². The third-order valence-corrected chi connectivity index (χ3v) is 3.24. The molecule has 0 bridgehead atoms. The van der Waals surface area contributed by atoms with E-state index in [2.05, 4.69) is 18.1 Å². The number of para-hydroxylation sites is 1. The predicted molar refractivity (Wildman–Crippen MR) is 77.0 cm³/mol. The molecule has 1 atom stereocenters. The van der Waals surface area contributed by atoms with Crippen LogP contribution in [0.25, 0.3) is 0 Å². The second kappa shape index (κ2) is 5.61. The zero-order valence-corrected chi connectivity index (χ0v) is 11.2. The van der Waals surface area contributed by atoms with Gasteiger partial charge in [0.15, 0.2) is 0 Å². The van der Waals surface area contributed by atoms with E-state index in [0.29, 0.717) is 0 Å². The summed E-state index contributed by atoms with van der Waals surface area (Å²) < 4.78 is 10.7. The zero-order chi connectivity index (χ0) is 13.8. The van der Waals surface area contributed by atoms with Crippen LogP contribution in [0.4, 0.5) is 0 Å². The second-order valence-electron chi connectivity index (χ2n) is 4.63. The lowest BCUT2D eigenvalue weighted by molar-refractivity contribution is 0.409. The lowest BCUT2D eigenvalue weighted by Gasteiger charge is -2.11. The Kier molecular flexibility index (Phi) is 3.50. The van der Waals surface area contributed by atoms with Crippen LogP contribution < -0.4 is 4.74 Å². The Morgan fingerprint density at radius 3 is 2.50 bits per heavy atom. The van der Waals surface area contributed by atoms with E-state index in [1.54, 1.807) is 6.26 Å². The van der Waals surface area contributed by atoms with Crippen LogP contribution >= 0.6 is 0 Å². The van der Waals surface area contributed by atoms with Crippen molar-refractivity contribution >= 4 is 0 Å². The van der Waals surface area contributed by atoms with Crippen LogP contribution in [0.15, 0.2) is 71.4 Å². The summed E-state index contributed by atoms with van der Waals surface area (Å²) in [6.07, 6.45) is 1.59. The van der Waals surface area contributed by atoms with Crippen LogP contribution in [-0.2, 0) is 0 Å². The molecular formula is C17H15NO2. The molecule has 1 aromatic heterocycles. The Morgan fingerprint density at radius 2 is 1.75 bits per heavy atom. The third-order valence-electron chi connectivity index (χ3n) is 3.24. The van der Waals surface area contributed by atoms with Crippen molar-refractivity contribution in [2.75, 3.05) is 0 Å². The molecule has 0 aliphatic rings. The van der Waals surface area contributed by atoms with E-state index in [4.69, 9.17) is 9.26 Å². The number of ether oxygens (including phenoxy) is 1. The van der Waals surface area contributed by atoms with Gasteiger partial charge in [-0.2, -0.15) is 0 Å². The molecule has 0 saturated heterocycles. The highest BCUT2D eigenvalue weighted by molar-refractivity contribution is 5.37. The van der Waals surface area contributed by atoms with Crippen LogP contribution in [0, 0.1) is 0 Å². The molecule has 20 heavy (non-hydrogen) atoms. The molecule has 0 N–H and O–H groups in total. The minimum Gasteiger partial charge on any atom is -0.457 e. The molecule has 0 fully saturated rings. The fourth-order valence-electron chi connectivity index (χ4n) is 2.09. The first-order valence-electron chi connectivity index (χ1n) is 6.56. The fraction of sp³-hybridized carbons (Fsp3) is 0.118. The molecule has 1 heterocycles. The molecule has 0 saturated carbocycles. The SMILES string of the molecule is CC(c1cccc(Oc2ccccc2)c1)c1ccon1. The van der Waals surface area contributed by atoms with Crippen LogP contribution in [0.3, 0.4) is 0 Å². The van der Waals surface area contributed by atoms with Crippen molar-refractivity contribution in [1.29, 1.82) is 0 Å². The van der Waals surface area contributed by atoms with Gasteiger partial charge in [0, 0.05) is 12.0 Å². The monoisotopic (exact) mass is 265 g/mol. The number of hydrogen-bond acceptors (Lipinski definition) is 3. The molecule has 3 nitrogen and oxygen atoms in total. The predicted octanol–water partition coefficient (Wildman–Crippen LogP) is 4.62. The summed E-state index contributed by atoms with van der Waals surface area (Å²) in [5.74, 6) is 1.83. The largest absolute Gasteiger partial charge is 0.457 e. The first-order valence-corrected chi connectivity index (χ1v) is 6.56. The zero-order valence-electron chi connectivity index (χ0n) is 11.2. The molecule has 0 aliphatic heterocycles. The average molecular weight is 265 g/mol. The molecule has 0 spiro atoms. The number of nitrogens with zero attached hydrogens (tertiary/aromatic N) is 1. The Balaban J connectivity index is 1.83. The van der Waals surface area contributed by atoms with E-state index in [0.717, 1.165) is 22.8 Å². The van der Waals surface area contributed by atoms with E-state index in [1.165, 1.54) is 0 Å². The van der Waals surface area contributed by atoms with E-state index in [9.17, 15) is 0 Å². The summed E-state index contributed by atoms with van der Waals surface area (Å²) in [5.41, 5.74) is 2.06. The second-order valence-corrected chi connectivity index (χ2v) is 4.63. The van der Waals surface area contributed by atoms with Crippen molar-refractivity contribution in [2.45, 2.75) is 12.8 Å². The van der Waals surface area contributed by atoms with Gasteiger partial charge in [-0.3, -0.25) is 0 Å². The average Bonchev–Trinajstić information content (AvgIpc) is 3.02. The van der Waals surface area contributed by atoms with Crippen LogP contribution in [0.5, 0.6) is 11.5 Å². The normalized spacial score (nSPS) is 12.1. The van der Waals surface area contributed by atoms with E-state index < -0.39 is 0 Å². The number of aromatic nitrogens is 1. The number of benzene rings is 2. The molecule has 0 radical (unpaired) electrons. The minimum atomic E-state index is 0.174. The third kappa shape index (κ3) is 2.72. The van der Waals surface area contributed by atoms with E-state index >= 15 is 0 Å². The smallest absolute Gasteiger partial charge is 0.127 e. The Bertz CT molecular complexity index is 662.